The van der Waals surface area contributed by atoms with E-state index in [1.54, 1.807) is 6.08 Å². The molecule has 90 heavy (non-hydrogen) atoms. The molecule has 3 saturated heterocycles. The van der Waals surface area contributed by atoms with Crippen LogP contribution in [0.5, 0.6) is 0 Å². The summed E-state index contributed by atoms with van der Waals surface area (Å²) in [5.74, 6) is -0.307. The number of unbranched alkanes of at least 4 members (excludes halogenated alkanes) is 27. The molecule has 3 rings (SSSR count). The van der Waals surface area contributed by atoms with Crippen LogP contribution in [0.1, 0.15) is 239 Å². The topological polar surface area (TPSA) is 307 Å². The van der Waals surface area contributed by atoms with Gasteiger partial charge in [0.05, 0.1) is 38.6 Å². The van der Waals surface area contributed by atoms with E-state index in [2.05, 4.69) is 79.9 Å². The number of aliphatic hydroxyl groups excluding tert-OH is 11. The van der Waals surface area contributed by atoms with Crippen molar-refractivity contribution in [2.75, 3.05) is 26.4 Å². The van der Waals surface area contributed by atoms with Crippen LogP contribution >= 0.6 is 0 Å². The van der Waals surface area contributed by atoms with Crippen molar-refractivity contribution in [3.8, 4) is 0 Å². The molecule has 0 radical (unpaired) electrons. The maximum Gasteiger partial charge on any atom is 0.220 e. The molecule has 3 aliphatic heterocycles. The number of ether oxygens (including phenoxy) is 6. The molecule has 0 aromatic heterocycles. The largest absolute Gasteiger partial charge is 0.394 e. The van der Waals surface area contributed by atoms with E-state index in [1.165, 1.54) is 135 Å². The van der Waals surface area contributed by atoms with Gasteiger partial charge in [0.2, 0.25) is 5.91 Å². The molecule has 0 aliphatic carbocycles. The number of amides is 1. The van der Waals surface area contributed by atoms with E-state index in [9.17, 15) is 61.0 Å². The van der Waals surface area contributed by atoms with Crippen molar-refractivity contribution >= 4 is 5.91 Å². The van der Waals surface area contributed by atoms with Crippen LogP contribution in [0.4, 0.5) is 0 Å². The second kappa shape index (κ2) is 52.5. The Morgan fingerprint density at radius 1 is 0.411 bits per heavy atom. The summed E-state index contributed by atoms with van der Waals surface area (Å²) in [7, 11) is 0. The molecule has 0 bridgehead atoms. The molecule has 3 fully saturated rings. The lowest BCUT2D eigenvalue weighted by Gasteiger charge is -2.48. The standard InChI is InChI=1S/C71H125NO18/c1-3-5-7-9-11-13-15-17-19-21-23-24-25-26-27-28-29-31-32-34-36-38-40-42-44-46-48-55(76)54(72-59(77)49-47-45-43-41-39-37-35-33-30-22-20-18-16-14-12-10-8-6-4-2)53-85-69-65(83)62(80)67(57(51-74)87-69)90-71-66(84)63(81)68(58(52-75)88-71)89-70-64(82)61(79)60(78)56(50-73)86-70/h6,8,12,14,18,20,30,33,37,39,46,48,54-58,60-71,73-76,78-84H,3-5,7,9-11,13,15-17,19,21-29,31-32,34-36,38,40-45,47,49-53H2,1-2H3,(H,72,77)/b8-6-,14-12-,20-18-,33-30-,39-37-,48-46+. The number of hydrogen-bond donors (Lipinski definition) is 12. The fourth-order valence-corrected chi connectivity index (χ4v) is 11.6. The van der Waals surface area contributed by atoms with Crippen LogP contribution in [0.3, 0.4) is 0 Å². The Labute approximate surface area is 540 Å². The van der Waals surface area contributed by atoms with E-state index in [1.807, 2.05) is 6.08 Å². The predicted molar refractivity (Wildman–Crippen MR) is 351 cm³/mol. The van der Waals surface area contributed by atoms with Crippen molar-refractivity contribution in [1.82, 2.24) is 5.32 Å². The molecular weight excluding hydrogens is 1150 g/mol. The summed E-state index contributed by atoms with van der Waals surface area (Å²) in [5.41, 5.74) is 0. The summed E-state index contributed by atoms with van der Waals surface area (Å²) in [5, 5.41) is 121. The summed E-state index contributed by atoms with van der Waals surface area (Å²) in [6.07, 6.45) is 38.8. The van der Waals surface area contributed by atoms with Gasteiger partial charge >= 0.3 is 0 Å². The third kappa shape index (κ3) is 34.1. The number of hydrogen-bond acceptors (Lipinski definition) is 18. The fraction of sp³-hybridized carbons (Fsp3) is 0.817. The van der Waals surface area contributed by atoms with E-state index in [-0.39, 0.29) is 18.9 Å². The molecule has 0 saturated carbocycles. The van der Waals surface area contributed by atoms with Gasteiger partial charge in [-0.05, 0) is 64.2 Å². The molecular formula is C71H125NO18. The van der Waals surface area contributed by atoms with E-state index < -0.39 is 124 Å². The molecule has 17 atom stereocenters. The third-order valence-electron chi connectivity index (χ3n) is 17.3. The van der Waals surface area contributed by atoms with Crippen LogP contribution in [-0.4, -0.2) is 193 Å². The molecule has 3 heterocycles. The quantitative estimate of drug-likeness (QED) is 0.0199. The third-order valence-corrected chi connectivity index (χ3v) is 17.3. The lowest BCUT2D eigenvalue weighted by Crippen LogP contribution is -2.66. The second-order valence-electron chi connectivity index (χ2n) is 25.0. The molecule has 17 unspecified atom stereocenters. The number of carbonyl (C=O) groups is 1. The van der Waals surface area contributed by atoms with Gasteiger partial charge in [-0.2, -0.15) is 0 Å². The zero-order valence-electron chi connectivity index (χ0n) is 55.1. The minimum absolute atomic E-state index is 0.201. The van der Waals surface area contributed by atoms with Gasteiger partial charge in [0, 0.05) is 6.42 Å². The molecule has 19 nitrogen and oxygen atoms in total. The number of nitrogens with one attached hydrogen (secondary N) is 1. The van der Waals surface area contributed by atoms with Gasteiger partial charge in [0.1, 0.15) is 73.2 Å². The number of aliphatic hydroxyl groups is 11. The van der Waals surface area contributed by atoms with Crippen molar-refractivity contribution in [3.05, 3.63) is 72.9 Å². The van der Waals surface area contributed by atoms with Gasteiger partial charge in [-0.3, -0.25) is 4.79 Å². The first kappa shape index (κ1) is 81.5. The monoisotopic (exact) mass is 1280 g/mol. The van der Waals surface area contributed by atoms with Gasteiger partial charge in [0.25, 0.3) is 0 Å². The van der Waals surface area contributed by atoms with Gasteiger partial charge in [-0.1, -0.05) is 241 Å². The first-order valence-electron chi connectivity index (χ1n) is 35.2. The second-order valence-corrected chi connectivity index (χ2v) is 25.0. The summed E-state index contributed by atoms with van der Waals surface area (Å²) in [6.45, 7) is 1.60. The van der Waals surface area contributed by atoms with Crippen LogP contribution in [-0.2, 0) is 33.2 Å². The van der Waals surface area contributed by atoms with Crippen LogP contribution in [0.25, 0.3) is 0 Å². The Morgan fingerprint density at radius 3 is 1.20 bits per heavy atom. The lowest BCUT2D eigenvalue weighted by atomic mass is 9.96. The first-order chi connectivity index (χ1) is 43.8. The number of rotatable bonds is 53. The molecule has 12 N–H and O–H groups in total. The summed E-state index contributed by atoms with van der Waals surface area (Å²) in [6, 6.07) is -0.996. The summed E-state index contributed by atoms with van der Waals surface area (Å²) in [4.78, 5) is 13.4. The molecule has 522 valence electrons. The predicted octanol–water partition coefficient (Wildman–Crippen LogP) is 9.33. The van der Waals surface area contributed by atoms with E-state index >= 15 is 0 Å². The minimum atomic E-state index is -1.98. The van der Waals surface area contributed by atoms with Crippen LogP contribution in [0.15, 0.2) is 72.9 Å². The van der Waals surface area contributed by atoms with Crippen molar-refractivity contribution in [2.24, 2.45) is 0 Å². The zero-order valence-corrected chi connectivity index (χ0v) is 55.1. The SMILES string of the molecule is CC/C=C\C/C=C\C/C=C\C/C=C\C/C=C\CCCCCC(=O)NC(COC1OC(CO)C(OC2OC(CO)C(OC3OC(CO)C(O)C(O)C3O)C(O)C2O)C(O)C1O)C(O)/C=C/CCCCCCCCCCCCCCCCCCCCCCCCCC. The Bertz CT molecular complexity index is 1920. The van der Waals surface area contributed by atoms with Crippen LogP contribution in [0, 0.1) is 0 Å². The highest BCUT2D eigenvalue weighted by atomic mass is 16.8. The van der Waals surface area contributed by atoms with Gasteiger partial charge in [-0.25, -0.2) is 0 Å². The Hall–Kier alpha value is -2.77. The molecule has 0 aromatic carbocycles. The van der Waals surface area contributed by atoms with Gasteiger partial charge < -0.3 is 89.9 Å². The zero-order chi connectivity index (χ0) is 65.4. The van der Waals surface area contributed by atoms with E-state index in [0.29, 0.717) is 6.42 Å². The first-order valence-corrected chi connectivity index (χ1v) is 35.2. The Morgan fingerprint density at radius 2 is 0.767 bits per heavy atom. The highest BCUT2D eigenvalue weighted by Gasteiger charge is 2.53. The van der Waals surface area contributed by atoms with Crippen molar-refractivity contribution in [3.63, 3.8) is 0 Å². The van der Waals surface area contributed by atoms with Crippen molar-refractivity contribution < 1.29 is 89.4 Å². The van der Waals surface area contributed by atoms with Crippen LogP contribution < -0.4 is 5.32 Å². The molecule has 19 heteroatoms. The molecule has 1 amide bonds. The van der Waals surface area contributed by atoms with Crippen molar-refractivity contribution in [2.45, 2.75) is 343 Å². The van der Waals surface area contributed by atoms with E-state index in [0.717, 1.165) is 77.0 Å². The molecule has 3 aliphatic rings. The minimum Gasteiger partial charge on any atom is -0.394 e. The highest BCUT2D eigenvalue weighted by molar-refractivity contribution is 5.76. The number of allylic oxidation sites excluding steroid dienone is 11. The van der Waals surface area contributed by atoms with Gasteiger partial charge in [-0.15, -0.1) is 0 Å². The maximum absolute atomic E-state index is 13.4. The average Bonchev–Trinajstić information content (AvgIpc) is 0.846. The highest BCUT2D eigenvalue weighted by Crippen LogP contribution is 2.33. The average molecular weight is 1280 g/mol. The van der Waals surface area contributed by atoms with E-state index in [4.69, 9.17) is 28.4 Å². The normalized spacial score (nSPS) is 28.5. The lowest BCUT2D eigenvalue weighted by molar-refractivity contribution is -0.379. The Kier molecular flexibility index (Phi) is 47.5. The number of carbonyl (C=O) groups excluding carboxylic acids is 1. The summed E-state index contributed by atoms with van der Waals surface area (Å²) < 4.78 is 34.3. The Balaban J connectivity index is 1.45. The summed E-state index contributed by atoms with van der Waals surface area (Å²) >= 11 is 0. The fourth-order valence-electron chi connectivity index (χ4n) is 11.6. The van der Waals surface area contributed by atoms with Crippen LogP contribution in [0.2, 0.25) is 0 Å². The molecule has 0 aromatic rings. The maximum atomic E-state index is 13.4. The van der Waals surface area contributed by atoms with Crippen molar-refractivity contribution in [1.29, 1.82) is 0 Å². The van der Waals surface area contributed by atoms with Gasteiger partial charge in [0.15, 0.2) is 18.9 Å². The smallest absolute Gasteiger partial charge is 0.220 e. The molecule has 0 spiro atoms.